The summed E-state index contributed by atoms with van der Waals surface area (Å²) in [6.07, 6.45) is 0.0753. The normalized spacial score (nSPS) is 11.9. The fourth-order valence-electron chi connectivity index (χ4n) is 1.60. The number of halogens is 1. The first-order valence-corrected chi connectivity index (χ1v) is 8.05. The van der Waals surface area contributed by atoms with Crippen LogP contribution < -0.4 is 0 Å². The molecule has 0 spiro atoms. The third kappa shape index (κ3) is 5.96. The lowest BCUT2D eigenvalue weighted by molar-refractivity contribution is -0.137. The van der Waals surface area contributed by atoms with Crippen molar-refractivity contribution in [2.75, 3.05) is 12.8 Å². The Morgan fingerprint density at radius 2 is 2.05 bits per heavy atom. The molecule has 110 valence electrons. The van der Waals surface area contributed by atoms with Crippen LogP contribution in [-0.2, 0) is 16.1 Å². The second-order valence-corrected chi connectivity index (χ2v) is 6.84. The number of hydrogen-bond acceptors (Lipinski definition) is 3. The van der Waals surface area contributed by atoms with Crippen molar-refractivity contribution in [3.8, 4) is 0 Å². The Hall–Kier alpha value is -1.01. The third-order valence-electron chi connectivity index (χ3n) is 2.74. The minimum absolute atomic E-state index is 0.00277. The van der Waals surface area contributed by atoms with E-state index in [1.165, 1.54) is 11.8 Å². The molecule has 0 saturated heterocycles. The Morgan fingerprint density at radius 1 is 1.40 bits per heavy atom. The molecule has 6 heteroatoms. The summed E-state index contributed by atoms with van der Waals surface area (Å²) in [5.74, 6) is -0.530. The molecule has 20 heavy (non-hydrogen) atoms. The average molecular weight is 360 g/mol. The van der Waals surface area contributed by atoms with Crippen molar-refractivity contribution in [2.45, 2.75) is 25.1 Å². The van der Waals surface area contributed by atoms with Gasteiger partial charge in [-0.1, -0.05) is 41.1 Å². The Balaban J connectivity index is 2.44. The van der Waals surface area contributed by atoms with E-state index in [2.05, 4.69) is 15.9 Å². The lowest BCUT2D eigenvalue weighted by Gasteiger charge is -2.19. The maximum atomic E-state index is 12.0. The smallest absolute Gasteiger partial charge is 0.304 e. The van der Waals surface area contributed by atoms with E-state index in [0.717, 1.165) is 10.0 Å². The van der Waals surface area contributed by atoms with E-state index >= 15 is 0 Å². The number of thioether (sulfide) groups is 1. The van der Waals surface area contributed by atoms with Gasteiger partial charge >= 0.3 is 5.97 Å². The van der Waals surface area contributed by atoms with Crippen molar-refractivity contribution in [1.82, 2.24) is 4.90 Å². The van der Waals surface area contributed by atoms with E-state index in [-0.39, 0.29) is 17.6 Å². The Kier molecular flexibility index (Phi) is 7.09. The summed E-state index contributed by atoms with van der Waals surface area (Å²) in [4.78, 5) is 24.2. The van der Waals surface area contributed by atoms with Crippen LogP contribution in [0.4, 0.5) is 0 Å². The summed E-state index contributed by atoms with van der Waals surface area (Å²) in [6, 6.07) is 7.77. The van der Waals surface area contributed by atoms with Crippen molar-refractivity contribution in [3.05, 3.63) is 34.3 Å². The molecular weight excluding hydrogens is 342 g/mol. The molecule has 0 saturated carbocycles. The molecule has 0 fully saturated rings. The number of amides is 1. The van der Waals surface area contributed by atoms with Gasteiger partial charge in [0.05, 0.1) is 12.2 Å². The number of rotatable bonds is 7. The third-order valence-corrected chi connectivity index (χ3v) is 4.67. The van der Waals surface area contributed by atoms with Crippen molar-refractivity contribution >= 4 is 39.6 Å². The van der Waals surface area contributed by atoms with E-state index in [0.29, 0.717) is 12.3 Å². The van der Waals surface area contributed by atoms with E-state index in [9.17, 15) is 9.59 Å². The molecule has 1 rings (SSSR count). The number of carbonyl (C=O) groups excluding carboxylic acids is 1. The van der Waals surface area contributed by atoms with Gasteiger partial charge in [0.2, 0.25) is 5.91 Å². The summed E-state index contributed by atoms with van der Waals surface area (Å²) in [5, 5.41) is 8.61. The lowest BCUT2D eigenvalue weighted by Crippen LogP contribution is -2.28. The Bertz CT molecular complexity index is 481. The number of carboxylic acid groups (broad SMARTS) is 1. The first-order chi connectivity index (χ1) is 9.40. The van der Waals surface area contributed by atoms with Crippen molar-refractivity contribution in [3.63, 3.8) is 0 Å². The summed E-state index contributed by atoms with van der Waals surface area (Å²) in [6.45, 7) is 2.36. The number of carbonyl (C=O) groups is 2. The molecule has 1 amide bonds. The zero-order valence-electron chi connectivity index (χ0n) is 11.5. The SMILES string of the molecule is CC(CC(=O)O)SCC(=O)N(C)Cc1ccccc1Br. The summed E-state index contributed by atoms with van der Waals surface area (Å²) >= 11 is 4.83. The van der Waals surface area contributed by atoms with E-state index in [1.54, 1.807) is 11.9 Å². The molecule has 0 aromatic heterocycles. The number of aliphatic carboxylic acids is 1. The molecule has 0 aliphatic rings. The van der Waals surface area contributed by atoms with Crippen LogP contribution in [0, 0.1) is 0 Å². The molecule has 1 aromatic carbocycles. The maximum Gasteiger partial charge on any atom is 0.304 e. The van der Waals surface area contributed by atoms with Gasteiger partial charge in [0.25, 0.3) is 0 Å². The van der Waals surface area contributed by atoms with Gasteiger partial charge in [0, 0.05) is 23.3 Å². The van der Waals surface area contributed by atoms with Crippen molar-refractivity contribution < 1.29 is 14.7 Å². The van der Waals surface area contributed by atoms with Crippen LogP contribution in [0.5, 0.6) is 0 Å². The first kappa shape index (κ1) is 17.0. The molecule has 0 heterocycles. The van der Waals surface area contributed by atoms with E-state index in [1.807, 2.05) is 31.2 Å². The molecule has 1 N–H and O–H groups in total. The molecule has 0 bridgehead atoms. The van der Waals surface area contributed by atoms with E-state index < -0.39 is 5.97 Å². The van der Waals surface area contributed by atoms with Crippen LogP contribution in [-0.4, -0.2) is 39.9 Å². The number of nitrogens with zero attached hydrogens (tertiary/aromatic N) is 1. The van der Waals surface area contributed by atoms with Gasteiger partial charge in [-0.25, -0.2) is 0 Å². The number of carboxylic acids is 1. The van der Waals surface area contributed by atoms with Gasteiger partial charge in [0.1, 0.15) is 0 Å². The quantitative estimate of drug-likeness (QED) is 0.812. The second kappa shape index (κ2) is 8.32. The fraction of sp³-hybridized carbons (Fsp3) is 0.429. The van der Waals surface area contributed by atoms with Crippen LogP contribution in [0.3, 0.4) is 0 Å². The highest BCUT2D eigenvalue weighted by Gasteiger charge is 2.14. The molecule has 4 nitrogen and oxygen atoms in total. The largest absolute Gasteiger partial charge is 0.481 e. The number of hydrogen-bond donors (Lipinski definition) is 1. The van der Waals surface area contributed by atoms with Crippen molar-refractivity contribution in [1.29, 1.82) is 0 Å². The zero-order chi connectivity index (χ0) is 15.1. The minimum Gasteiger partial charge on any atom is -0.481 e. The van der Waals surface area contributed by atoms with Crippen molar-refractivity contribution in [2.24, 2.45) is 0 Å². The van der Waals surface area contributed by atoms with Gasteiger partial charge in [-0.05, 0) is 11.6 Å². The summed E-state index contributed by atoms with van der Waals surface area (Å²) < 4.78 is 0.978. The summed E-state index contributed by atoms with van der Waals surface area (Å²) in [7, 11) is 1.75. The Morgan fingerprint density at radius 3 is 2.65 bits per heavy atom. The zero-order valence-corrected chi connectivity index (χ0v) is 13.9. The minimum atomic E-state index is -0.834. The highest BCUT2D eigenvalue weighted by Crippen LogP contribution is 2.19. The molecule has 0 aliphatic carbocycles. The lowest BCUT2D eigenvalue weighted by atomic mass is 10.2. The fourth-order valence-corrected chi connectivity index (χ4v) is 2.92. The van der Waals surface area contributed by atoms with E-state index in [4.69, 9.17) is 5.11 Å². The molecule has 1 unspecified atom stereocenters. The van der Waals surface area contributed by atoms with Crippen LogP contribution in [0.15, 0.2) is 28.7 Å². The average Bonchev–Trinajstić information content (AvgIpc) is 2.37. The Labute approximate surface area is 131 Å². The summed E-state index contributed by atoms with van der Waals surface area (Å²) in [5.41, 5.74) is 1.05. The van der Waals surface area contributed by atoms with Gasteiger partial charge in [-0.15, -0.1) is 11.8 Å². The molecule has 0 aliphatic heterocycles. The standard InChI is InChI=1S/C14H18BrNO3S/c1-10(7-14(18)19)20-9-13(17)16(2)8-11-5-3-4-6-12(11)15/h3-6,10H,7-9H2,1-2H3,(H,18,19). The van der Waals surface area contributed by atoms with Gasteiger partial charge in [0.15, 0.2) is 0 Å². The van der Waals surface area contributed by atoms with Crippen LogP contribution in [0.1, 0.15) is 18.9 Å². The predicted octanol–water partition coefficient (Wildman–Crippen LogP) is 3.00. The van der Waals surface area contributed by atoms with Crippen LogP contribution in [0.25, 0.3) is 0 Å². The van der Waals surface area contributed by atoms with Gasteiger partial charge in [-0.2, -0.15) is 0 Å². The monoisotopic (exact) mass is 359 g/mol. The van der Waals surface area contributed by atoms with Crippen LogP contribution in [0.2, 0.25) is 0 Å². The topological polar surface area (TPSA) is 57.6 Å². The molecule has 0 radical (unpaired) electrons. The molecule has 1 atom stereocenters. The molecule has 1 aromatic rings. The first-order valence-electron chi connectivity index (χ1n) is 6.21. The highest BCUT2D eigenvalue weighted by atomic mass is 79.9. The highest BCUT2D eigenvalue weighted by molar-refractivity contribution is 9.10. The van der Waals surface area contributed by atoms with Gasteiger partial charge < -0.3 is 10.0 Å². The molecular formula is C14H18BrNO3S. The predicted molar refractivity (Wildman–Crippen MR) is 84.8 cm³/mol. The van der Waals surface area contributed by atoms with Crippen LogP contribution >= 0.6 is 27.7 Å². The number of benzene rings is 1. The van der Waals surface area contributed by atoms with Gasteiger partial charge in [-0.3, -0.25) is 9.59 Å². The maximum absolute atomic E-state index is 12.0. The second-order valence-electron chi connectivity index (χ2n) is 4.56.